The van der Waals surface area contributed by atoms with Crippen molar-refractivity contribution in [1.29, 1.82) is 0 Å². The first-order chi connectivity index (χ1) is 9.62. The average molecular weight is 309 g/mol. The van der Waals surface area contributed by atoms with Crippen LogP contribution in [0.1, 0.15) is 17.9 Å². The van der Waals surface area contributed by atoms with Gasteiger partial charge in [-0.05, 0) is 23.8 Å². The fraction of sp³-hybridized carbons (Fsp3) is 0.429. The second-order valence-electron chi connectivity index (χ2n) is 5.08. The molecule has 1 fully saturated rings. The van der Waals surface area contributed by atoms with Crippen LogP contribution in [-0.4, -0.2) is 39.8 Å². The van der Waals surface area contributed by atoms with Crippen molar-refractivity contribution in [3.8, 4) is 0 Å². The number of nitrogens with one attached hydrogen (secondary N) is 1. The fourth-order valence-electron chi connectivity index (χ4n) is 2.59. The number of carboxylic acid groups (broad SMARTS) is 1. The van der Waals surface area contributed by atoms with Crippen LogP contribution >= 0.6 is 23.5 Å². The molecule has 20 heavy (non-hydrogen) atoms. The molecule has 0 bridgehead atoms. The van der Waals surface area contributed by atoms with E-state index in [2.05, 4.69) is 5.32 Å². The van der Waals surface area contributed by atoms with E-state index in [1.165, 1.54) is 0 Å². The topological polar surface area (TPSA) is 66.4 Å². The van der Waals surface area contributed by atoms with Crippen LogP contribution in [0.2, 0.25) is 0 Å². The fourth-order valence-corrected chi connectivity index (χ4v) is 5.14. The molecule has 1 amide bonds. The van der Waals surface area contributed by atoms with Gasteiger partial charge in [-0.3, -0.25) is 4.79 Å². The smallest absolute Gasteiger partial charge is 0.330 e. The summed E-state index contributed by atoms with van der Waals surface area (Å²) in [4.78, 5) is 25.1. The van der Waals surface area contributed by atoms with Crippen molar-refractivity contribution in [3.05, 3.63) is 29.8 Å². The summed E-state index contributed by atoms with van der Waals surface area (Å²) >= 11 is 3.23. The van der Waals surface area contributed by atoms with Crippen molar-refractivity contribution >= 4 is 35.4 Å². The summed E-state index contributed by atoms with van der Waals surface area (Å²) in [7, 11) is 0. The number of aliphatic carboxylic acids is 1. The van der Waals surface area contributed by atoms with E-state index in [0.717, 1.165) is 16.2 Å². The molecule has 6 heteroatoms. The normalized spacial score (nSPS) is 28.1. The lowest BCUT2D eigenvalue weighted by Crippen LogP contribution is -2.55. The van der Waals surface area contributed by atoms with Crippen LogP contribution in [0.4, 0.5) is 0 Å². The lowest BCUT2D eigenvalue weighted by molar-refractivity contribution is -0.146. The third-order valence-electron chi connectivity index (χ3n) is 3.81. The maximum absolute atomic E-state index is 12.5. The third-order valence-corrected chi connectivity index (χ3v) is 6.18. The molecule has 2 aliphatic heterocycles. The first kappa shape index (κ1) is 13.8. The first-order valence-corrected chi connectivity index (χ1v) is 8.61. The van der Waals surface area contributed by atoms with E-state index in [-0.39, 0.29) is 11.8 Å². The van der Waals surface area contributed by atoms with Crippen LogP contribution in [0.25, 0.3) is 0 Å². The van der Waals surface area contributed by atoms with Crippen LogP contribution in [0.5, 0.6) is 0 Å². The van der Waals surface area contributed by atoms with Crippen LogP contribution < -0.4 is 5.32 Å². The Morgan fingerprint density at radius 1 is 1.35 bits per heavy atom. The average Bonchev–Trinajstić information content (AvgIpc) is 3.05. The molecular weight excluding hydrogens is 294 g/mol. The SMILES string of the molecule is O=C(N[C@@]1(C(=O)O)CCSC1)[C@@H]1CSc2ccccc21. The van der Waals surface area contributed by atoms with Gasteiger partial charge in [-0.2, -0.15) is 11.8 Å². The molecule has 0 spiro atoms. The number of fused-ring (bicyclic) bond motifs is 1. The number of carbonyl (C=O) groups is 2. The molecule has 106 valence electrons. The number of carbonyl (C=O) groups excluding carboxylic acids is 1. The molecule has 2 N–H and O–H groups in total. The summed E-state index contributed by atoms with van der Waals surface area (Å²) in [6, 6.07) is 7.84. The zero-order valence-corrected chi connectivity index (χ0v) is 12.4. The van der Waals surface area contributed by atoms with Crippen molar-refractivity contribution in [2.75, 3.05) is 17.3 Å². The number of amides is 1. The molecular formula is C14H15NO3S2. The minimum absolute atomic E-state index is 0.160. The number of hydrogen-bond donors (Lipinski definition) is 2. The quantitative estimate of drug-likeness (QED) is 0.893. The number of carboxylic acids is 1. The van der Waals surface area contributed by atoms with E-state index in [0.29, 0.717) is 17.9 Å². The monoisotopic (exact) mass is 309 g/mol. The molecule has 0 radical (unpaired) electrons. The number of benzene rings is 1. The minimum Gasteiger partial charge on any atom is -0.479 e. The second-order valence-corrected chi connectivity index (χ2v) is 7.25. The predicted molar refractivity (Wildman–Crippen MR) is 80.4 cm³/mol. The van der Waals surface area contributed by atoms with E-state index in [4.69, 9.17) is 0 Å². The molecule has 0 aromatic heterocycles. The van der Waals surface area contributed by atoms with Gasteiger partial charge in [-0.15, -0.1) is 11.8 Å². The Morgan fingerprint density at radius 3 is 2.85 bits per heavy atom. The summed E-state index contributed by atoms with van der Waals surface area (Å²) in [5.74, 6) is 0.604. The molecule has 1 aromatic rings. The van der Waals surface area contributed by atoms with Crippen molar-refractivity contribution in [2.24, 2.45) is 0 Å². The molecule has 2 atom stereocenters. The highest BCUT2D eigenvalue weighted by Gasteiger charge is 2.45. The zero-order chi connectivity index (χ0) is 14.2. The van der Waals surface area contributed by atoms with Gasteiger partial charge in [-0.25, -0.2) is 4.79 Å². The number of rotatable bonds is 3. The molecule has 1 aromatic carbocycles. The van der Waals surface area contributed by atoms with E-state index in [1.807, 2.05) is 24.3 Å². The van der Waals surface area contributed by atoms with E-state index in [9.17, 15) is 14.7 Å². The van der Waals surface area contributed by atoms with Gasteiger partial charge >= 0.3 is 5.97 Å². The minimum atomic E-state index is -1.08. The highest BCUT2D eigenvalue weighted by Crippen LogP contribution is 2.40. The van der Waals surface area contributed by atoms with E-state index >= 15 is 0 Å². The maximum Gasteiger partial charge on any atom is 0.330 e. The van der Waals surface area contributed by atoms with Gasteiger partial charge in [0.1, 0.15) is 5.54 Å². The zero-order valence-electron chi connectivity index (χ0n) is 10.8. The van der Waals surface area contributed by atoms with Gasteiger partial charge in [0.25, 0.3) is 0 Å². The highest BCUT2D eigenvalue weighted by atomic mass is 32.2. The number of hydrogen-bond acceptors (Lipinski definition) is 4. The highest BCUT2D eigenvalue weighted by molar-refractivity contribution is 7.99. The van der Waals surface area contributed by atoms with Crippen LogP contribution in [0, 0.1) is 0 Å². The summed E-state index contributed by atoms with van der Waals surface area (Å²) in [5.41, 5.74) is -0.0644. The Hall–Kier alpha value is -1.14. The van der Waals surface area contributed by atoms with Gasteiger partial charge < -0.3 is 10.4 Å². The van der Waals surface area contributed by atoms with Crippen molar-refractivity contribution in [3.63, 3.8) is 0 Å². The molecule has 4 nitrogen and oxygen atoms in total. The van der Waals surface area contributed by atoms with Crippen LogP contribution in [0.3, 0.4) is 0 Å². The summed E-state index contributed by atoms with van der Waals surface area (Å²) < 4.78 is 0. The van der Waals surface area contributed by atoms with Gasteiger partial charge in [-0.1, -0.05) is 18.2 Å². The molecule has 2 heterocycles. The van der Waals surface area contributed by atoms with Crippen LogP contribution in [0.15, 0.2) is 29.2 Å². The van der Waals surface area contributed by atoms with Crippen LogP contribution in [-0.2, 0) is 9.59 Å². The van der Waals surface area contributed by atoms with E-state index in [1.54, 1.807) is 23.5 Å². The Kier molecular flexibility index (Phi) is 3.69. The molecule has 3 rings (SSSR count). The Morgan fingerprint density at radius 2 is 2.15 bits per heavy atom. The van der Waals surface area contributed by atoms with Gasteiger partial charge in [0.2, 0.25) is 5.91 Å². The molecule has 0 aliphatic carbocycles. The molecule has 0 unspecified atom stereocenters. The van der Waals surface area contributed by atoms with E-state index < -0.39 is 11.5 Å². The molecule has 0 saturated carbocycles. The van der Waals surface area contributed by atoms with Crippen molar-refractivity contribution in [1.82, 2.24) is 5.32 Å². The van der Waals surface area contributed by atoms with Gasteiger partial charge in [0.05, 0.1) is 5.92 Å². The second kappa shape index (κ2) is 5.33. The largest absolute Gasteiger partial charge is 0.479 e. The standard InChI is InChI=1S/C14H15NO3S2/c16-12(15-14(13(17)18)5-6-19-8-14)10-7-20-11-4-2-1-3-9(10)11/h1-4,10H,5-8H2,(H,15,16)(H,17,18)/t10-,14+/m1/s1. The van der Waals surface area contributed by atoms with Gasteiger partial charge in [0, 0.05) is 16.4 Å². The summed E-state index contributed by atoms with van der Waals surface area (Å²) in [6.45, 7) is 0. The molecule has 1 saturated heterocycles. The van der Waals surface area contributed by atoms with Crippen molar-refractivity contribution < 1.29 is 14.7 Å². The Balaban J connectivity index is 1.79. The summed E-state index contributed by atoms with van der Waals surface area (Å²) in [5, 5.41) is 12.2. The Labute approximate surface area is 125 Å². The maximum atomic E-state index is 12.5. The lowest BCUT2D eigenvalue weighted by atomic mass is 9.95. The lowest BCUT2D eigenvalue weighted by Gasteiger charge is -2.26. The predicted octanol–water partition coefficient (Wildman–Crippen LogP) is 1.95. The molecule has 2 aliphatic rings. The third kappa shape index (κ3) is 2.31. The van der Waals surface area contributed by atoms with Crippen molar-refractivity contribution in [2.45, 2.75) is 22.8 Å². The Bertz CT molecular complexity index is 555. The first-order valence-electron chi connectivity index (χ1n) is 6.47. The number of thioether (sulfide) groups is 2. The summed E-state index contributed by atoms with van der Waals surface area (Å²) in [6.07, 6.45) is 0.500. The van der Waals surface area contributed by atoms with Gasteiger partial charge in [0.15, 0.2) is 0 Å².